The first kappa shape index (κ1) is 16.0. The van der Waals surface area contributed by atoms with Gasteiger partial charge in [-0.3, -0.25) is 4.79 Å². The van der Waals surface area contributed by atoms with Crippen molar-refractivity contribution in [2.75, 3.05) is 17.7 Å². The second-order valence-electron chi connectivity index (χ2n) is 3.81. The van der Waals surface area contributed by atoms with Crippen LogP contribution in [0.25, 0.3) is 0 Å². The van der Waals surface area contributed by atoms with Gasteiger partial charge in [0, 0.05) is 20.8 Å². The molecule has 1 atom stereocenters. The summed E-state index contributed by atoms with van der Waals surface area (Å²) >= 11 is 8.30. The molecular weight excluding hydrogens is 382 g/mol. The molecule has 100 valence electrons. The Morgan fingerprint density at radius 1 is 1.50 bits per heavy atom. The van der Waals surface area contributed by atoms with Gasteiger partial charge in [-0.05, 0) is 40.5 Å². The van der Waals surface area contributed by atoms with Gasteiger partial charge in [0.1, 0.15) is 0 Å². The normalized spacial score (nSPS) is 12.2. The molecule has 0 bridgehead atoms. The maximum atomic E-state index is 11.7. The van der Waals surface area contributed by atoms with Crippen LogP contribution in [0, 0.1) is 0 Å². The highest BCUT2D eigenvalue weighted by atomic mass is 79.9. The molecule has 0 aliphatic carbocycles. The zero-order valence-corrected chi connectivity index (χ0v) is 13.9. The number of benzene rings is 1. The molecule has 0 aliphatic heterocycles. The summed E-state index contributed by atoms with van der Waals surface area (Å²) in [5, 5.41) is 11.9. The molecule has 0 radical (unpaired) electrons. The second kappa shape index (κ2) is 8.19. The lowest BCUT2D eigenvalue weighted by Crippen LogP contribution is -2.16. The molecule has 3 nitrogen and oxygen atoms in total. The van der Waals surface area contributed by atoms with Crippen molar-refractivity contribution in [3.05, 3.63) is 27.1 Å². The highest BCUT2D eigenvalue weighted by Gasteiger charge is 2.09. The van der Waals surface area contributed by atoms with Crippen molar-refractivity contribution in [3.8, 4) is 0 Å². The Morgan fingerprint density at radius 2 is 2.22 bits per heavy atom. The number of amides is 1. The summed E-state index contributed by atoms with van der Waals surface area (Å²) in [6.07, 6.45) is 0.708. The number of carbonyl (C=O) groups is 1. The van der Waals surface area contributed by atoms with Gasteiger partial charge >= 0.3 is 0 Å². The molecule has 6 heteroatoms. The van der Waals surface area contributed by atoms with Gasteiger partial charge in [0.05, 0.1) is 11.4 Å². The van der Waals surface area contributed by atoms with E-state index in [0.717, 1.165) is 14.6 Å². The minimum Gasteiger partial charge on any atom is -0.396 e. The average Bonchev–Trinajstić information content (AvgIpc) is 2.31. The molecule has 1 aromatic carbocycles. The van der Waals surface area contributed by atoms with Crippen molar-refractivity contribution < 1.29 is 9.90 Å². The molecule has 0 aromatic heterocycles. The first-order valence-corrected chi connectivity index (χ1v) is 8.13. The maximum Gasteiger partial charge on any atom is 0.234 e. The van der Waals surface area contributed by atoms with E-state index in [-0.39, 0.29) is 17.8 Å². The fourth-order valence-corrected chi connectivity index (χ4v) is 3.19. The SMILES string of the molecule is CC(CCO)SCC(=O)Nc1ccc(Br)cc1Br. The summed E-state index contributed by atoms with van der Waals surface area (Å²) < 4.78 is 1.80. The lowest BCUT2D eigenvalue weighted by atomic mass is 10.3. The van der Waals surface area contributed by atoms with Crippen LogP contribution in [0.3, 0.4) is 0 Å². The summed E-state index contributed by atoms with van der Waals surface area (Å²) in [4.78, 5) is 11.7. The van der Waals surface area contributed by atoms with Crippen LogP contribution in [0.15, 0.2) is 27.1 Å². The van der Waals surface area contributed by atoms with Crippen molar-refractivity contribution in [1.29, 1.82) is 0 Å². The molecular formula is C12H15Br2NO2S. The van der Waals surface area contributed by atoms with Gasteiger partial charge in [-0.2, -0.15) is 0 Å². The minimum atomic E-state index is -0.0344. The molecule has 1 unspecified atom stereocenters. The lowest BCUT2D eigenvalue weighted by molar-refractivity contribution is -0.113. The lowest BCUT2D eigenvalue weighted by Gasteiger charge is -2.10. The fourth-order valence-electron chi connectivity index (χ4n) is 1.26. The van der Waals surface area contributed by atoms with Crippen LogP contribution in [-0.4, -0.2) is 28.6 Å². The van der Waals surface area contributed by atoms with Crippen molar-refractivity contribution >= 4 is 55.2 Å². The Labute approximate surface area is 128 Å². The van der Waals surface area contributed by atoms with Gasteiger partial charge in [-0.25, -0.2) is 0 Å². The van der Waals surface area contributed by atoms with Crippen molar-refractivity contribution in [3.63, 3.8) is 0 Å². The maximum absolute atomic E-state index is 11.7. The van der Waals surface area contributed by atoms with E-state index in [1.807, 2.05) is 25.1 Å². The van der Waals surface area contributed by atoms with Gasteiger partial charge in [0.2, 0.25) is 5.91 Å². The van der Waals surface area contributed by atoms with E-state index in [0.29, 0.717) is 12.2 Å². The topological polar surface area (TPSA) is 49.3 Å². The standard InChI is InChI=1S/C12H15Br2NO2S/c1-8(4-5-16)18-7-12(17)15-11-3-2-9(13)6-10(11)14/h2-3,6,8,16H,4-5,7H2,1H3,(H,15,17). The van der Waals surface area contributed by atoms with E-state index in [1.54, 1.807) is 11.8 Å². The molecule has 18 heavy (non-hydrogen) atoms. The monoisotopic (exact) mass is 395 g/mol. The van der Waals surface area contributed by atoms with Crippen LogP contribution in [0.1, 0.15) is 13.3 Å². The molecule has 0 saturated carbocycles. The number of hydrogen-bond acceptors (Lipinski definition) is 3. The zero-order chi connectivity index (χ0) is 13.5. The highest BCUT2D eigenvalue weighted by molar-refractivity contribution is 9.11. The molecule has 1 aromatic rings. The number of hydrogen-bond donors (Lipinski definition) is 2. The van der Waals surface area contributed by atoms with E-state index >= 15 is 0 Å². The largest absolute Gasteiger partial charge is 0.396 e. The first-order chi connectivity index (χ1) is 8.52. The molecule has 1 amide bonds. The number of carbonyl (C=O) groups excluding carboxylic acids is 1. The van der Waals surface area contributed by atoms with Gasteiger partial charge in [0.25, 0.3) is 0 Å². The minimum absolute atomic E-state index is 0.0344. The number of anilines is 1. The van der Waals surface area contributed by atoms with Gasteiger partial charge in [-0.15, -0.1) is 11.8 Å². The van der Waals surface area contributed by atoms with Crippen LogP contribution >= 0.6 is 43.6 Å². The van der Waals surface area contributed by atoms with Gasteiger partial charge < -0.3 is 10.4 Å². The summed E-state index contributed by atoms with van der Waals surface area (Å²) in [6, 6.07) is 5.60. The molecule has 0 fully saturated rings. The van der Waals surface area contributed by atoms with Gasteiger partial charge in [-0.1, -0.05) is 22.9 Å². The summed E-state index contributed by atoms with van der Waals surface area (Å²) in [5.74, 6) is 0.358. The Hall–Kier alpha value is -0.0400. The summed E-state index contributed by atoms with van der Waals surface area (Å²) in [6.45, 7) is 2.16. The third-order valence-electron chi connectivity index (χ3n) is 2.24. The fraction of sp³-hybridized carbons (Fsp3) is 0.417. The van der Waals surface area contributed by atoms with Crippen molar-refractivity contribution in [2.45, 2.75) is 18.6 Å². The third-order valence-corrected chi connectivity index (χ3v) is 4.62. The Kier molecular flexibility index (Phi) is 7.29. The smallest absolute Gasteiger partial charge is 0.234 e. The van der Waals surface area contributed by atoms with E-state index in [2.05, 4.69) is 37.2 Å². The van der Waals surface area contributed by atoms with Crippen molar-refractivity contribution in [1.82, 2.24) is 0 Å². The second-order valence-corrected chi connectivity index (χ2v) is 7.00. The molecule has 0 saturated heterocycles. The van der Waals surface area contributed by atoms with Crippen LogP contribution in [0.5, 0.6) is 0 Å². The van der Waals surface area contributed by atoms with Crippen LogP contribution in [0.4, 0.5) is 5.69 Å². The third kappa shape index (κ3) is 5.73. The van der Waals surface area contributed by atoms with Crippen LogP contribution in [0.2, 0.25) is 0 Å². The average molecular weight is 397 g/mol. The Morgan fingerprint density at radius 3 is 2.83 bits per heavy atom. The number of halogens is 2. The molecule has 1 rings (SSSR count). The molecule has 0 spiro atoms. The zero-order valence-electron chi connectivity index (χ0n) is 9.95. The quantitative estimate of drug-likeness (QED) is 0.771. The highest BCUT2D eigenvalue weighted by Crippen LogP contribution is 2.26. The predicted molar refractivity (Wildman–Crippen MR) is 84.1 cm³/mol. The first-order valence-electron chi connectivity index (χ1n) is 5.50. The summed E-state index contributed by atoms with van der Waals surface area (Å²) in [5.41, 5.74) is 0.763. The van der Waals surface area contributed by atoms with E-state index in [1.165, 1.54) is 0 Å². The van der Waals surface area contributed by atoms with Crippen LogP contribution < -0.4 is 5.32 Å². The summed E-state index contributed by atoms with van der Waals surface area (Å²) in [7, 11) is 0. The molecule has 2 N–H and O–H groups in total. The number of nitrogens with one attached hydrogen (secondary N) is 1. The van der Waals surface area contributed by atoms with Crippen LogP contribution in [-0.2, 0) is 4.79 Å². The number of rotatable bonds is 6. The molecule has 0 aliphatic rings. The Bertz CT molecular complexity index is 415. The molecule has 0 heterocycles. The number of aliphatic hydroxyl groups excluding tert-OH is 1. The number of aliphatic hydroxyl groups is 1. The predicted octanol–water partition coefficient (Wildman–Crippen LogP) is 3.65. The Balaban J connectivity index is 2.44. The van der Waals surface area contributed by atoms with E-state index in [9.17, 15) is 4.79 Å². The number of thioether (sulfide) groups is 1. The van der Waals surface area contributed by atoms with E-state index < -0.39 is 0 Å². The van der Waals surface area contributed by atoms with E-state index in [4.69, 9.17) is 5.11 Å². The van der Waals surface area contributed by atoms with Crippen molar-refractivity contribution in [2.24, 2.45) is 0 Å². The van der Waals surface area contributed by atoms with Gasteiger partial charge in [0.15, 0.2) is 0 Å².